The van der Waals surface area contributed by atoms with Gasteiger partial charge in [0.25, 0.3) is 0 Å². The highest BCUT2D eigenvalue weighted by Gasteiger charge is 2.25. The summed E-state index contributed by atoms with van der Waals surface area (Å²) in [4.78, 5) is 30.4. The quantitative estimate of drug-likeness (QED) is 0.372. The second-order valence-corrected chi connectivity index (χ2v) is 9.81. The molecule has 2 amide bonds. The van der Waals surface area contributed by atoms with Crippen LogP contribution in [0.4, 0.5) is 23.8 Å². The molecule has 1 aliphatic rings. The zero-order valence-electron chi connectivity index (χ0n) is 20.7. The van der Waals surface area contributed by atoms with Gasteiger partial charge in [0.2, 0.25) is 5.91 Å². The molecule has 10 heteroatoms. The van der Waals surface area contributed by atoms with Gasteiger partial charge < -0.3 is 19.5 Å². The fourth-order valence-electron chi connectivity index (χ4n) is 3.92. The molecule has 0 radical (unpaired) electrons. The number of ether oxygens (including phenoxy) is 1. The van der Waals surface area contributed by atoms with E-state index in [0.717, 1.165) is 28.8 Å². The predicted molar refractivity (Wildman–Crippen MR) is 132 cm³/mol. The predicted octanol–water partition coefficient (Wildman–Crippen LogP) is 5.29. The Morgan fingerprint density at radius 1 is 1.11 bits per heavy atom. The lowest BCUT2D eigenvalue weighted by molar-refractivity contribution is -0.111. The van der Waals surface area contributed by atoms with Crippen molar-refractivity contribution in [3.05, 3.63) is 88.6 Å². The number of imidazole rings is 1. The van der Waals surface area contributed by atoms with Crippen molar-refractivity contribution in [3.8, 4) is 0 Å². The lowest BCUT2D eigenvalue weighted by Crippen LogP contribution is -2.39. The highest BCUT2D eigenvalue weighted by molar-refractivity contribution is 6.01. The van der Waals surface area contributed by atoms with Crippen molar-refractivity contribution < 1.29 is 27.5 Å². The molecule has 194 valence electrons. The second kappa shape index (κ2) is 10.5. The Hall–Kier alpha value is -4.08. The minimum Gasteiger partial charge on any atom is -0.444 e. The van der Waals surface area contributed by atoms with Crippen molar-refractivity contribution in [3.63, 3.8) is 0 Å². The molecule has 0 fully saturated rings. The third-order valence-corrected chi connectivity index (χ3v) is 5.61. The number of anilines is 1. The number of nitrogens with one attached hydrogen (secondary N) is 1. The lowest BCUT2D eigenvalue weighted by Gasteiger charge is -2.31. The summed E-state index contributed by atoms with van der Waals surface area (Å²) in [5, 5.41) is 2.63. The molecule has 0 saturated heterocycles. The third kappa shape index (κ3) is 6.78. The molecule has 0 atom stereocenters. The van der Waals surface area contributed by atoms with Gasteiger partial charge >= 0.3 is 6.09 Å². The van der Waals surface area contributed by atoms with Crippen LogP contribution in [0.1, 0.15) is 43.0 Å². The Bertz CT molecular complexity index is 1340. The first-order valence-corrected chi connectivity index (χ1v) is 11.7. The van der Waals surface area contributed by atoms with Gasteiger partial charge in [-0.1, -0.05) is 18.2 Å². The normalized spacial score (nSPS) is 13.5. The number of fused-ring (bicyclic) bond motifs is 1. The van der Waals surface area contributed by atoms with Crippen molar-refractivity contribution in [1.29, 1.82) is 0 Å². The smallest absolute Gasteiger partial charge is 0.410 e. The maximum atomic E-state index is 13.4. The maximum Gasteiger partial charge on any atom is 0.410 e. The van der Waals surface area contributed by atoms with Gasteiger partial charge in [0, 0.05) is 31.9 Å². The van der Waals surface area contributed by atoms with Crippen molar-refractivity contribution in [1.82, 2.24) is 14.5 Å². The Labute approximate surface area is 212 Å². The van der Waals surface area contributed by atoms with Crippen molar-refractivity contribution in [2.45, 2.75) is 45.9 Å². The van der Waals surface area contributed by atoms with E-state index in [9.17, 15) is 22.8 Å². The van der Waals surface area contributed by atoms with Crippen LogP contribution in [0.2, 0.25) is 0 Å². The van der Waals surface area contributed by atoms with E-state index in [1.807, 2.05) is 39.0 Å². The fraction of sp³-hybridized carbons (Fsp3) is 0.296. The zero-order chi connectivity index (χ0) is 26.7. The summed E-state index contributed by atoms with van der Waals surface area (Å²) < 4.78 is 46.9. The molecule has 0 spiro atoms. The van der Waals surface area contributed by atoms with Gasteiger partial charge in [-0.3, -0.25) is 4.79 Å². The molecule has 1 N–H and O–H groups in total. The van der Waals surface area contributed by atoms with E-state index in [-0.39, 0.29) is 24.0 Å². The van der Waals surface area contributed by atoms with E-state index >= 15 is 0 Å². The van der Waals surface area contributed by atoms with Crippen LogP contribution in [0.15, 0.2) is 48.9 Å². The average Bonchev–Trinajstić information content (AvgIpc) is 3.26. The fourth-order valence-corrected chi connectivity index (χ4v) is 3.92. The van der Waals surface area contributed by atoms with E-state index in [2.05, 4.69) is 10.3 Å². The number of benzene rings is 2. The topological polar surface area (TPSA) is 76.5 Å². The highest BCUT2D eigenvalue weighted by atomic mass is 19.2. The summed E-state index contributed by atoms with van der Waals surface area (Å²) in [5.74, 6) is -4.20. The van der Waals surface area contributed by atoms with E-state index in [1.54, 1.807) is 11.0 Å². The van der Waals surface area contributed by atoms with E-state index in [1.165, 1.54) is 23.2 Å². The van der Waals surface area contributed by atoms with E-state index < -0.39 is 29.0 Å². The molecule has 2 aromatic carbocycles. The molecule has 37 heavy (non-hydrogen) atoms. The number of hydrogen-bond acceptors (Lipinski definition) is 4. The standard InChI is InChI=1S/C27H27F3N4O3/c1-27(2,3)37-26(36)34-9-8-19-10-17(4-6-20(19)14-34)5-7-24(35)32-23-15-33(16-31-23)13-18-11-21(28)25(30)22(29)12-18/h4-7,10-12,15-16H,8-9,13-14H2,1-3H3,(H,32,35)/b7-5+. The van der Waals surface area contributed by atoms with Crippen LogP contribution in [-0.2, 0) is 29.0 Å². The molecule has 3 aromatic rings. The van der Waals surface area contributed by atoms with Crippen LogP contribution in [0.3, 0.4) is 0 Å². The van der Waals surface area contributed by atoms with Gasteiger partial charge in [-0.25, -0.2) is 22.9 Å². The number of rotatable bonds is 5. The van der Waals surface area contributed by atoms with Crippen molar-refractivity contribution in [2.24, 2.45) is 0 Å². The van der Waals surface area contributed by atoms with Crippen LogP contribution >= 0.6 is 0 Å². The summed E-state index contributed by atoms with van der Waals surface area (Å²) in [6.45, 7) is 6.57. The first-order chi connectivity index (χ1) is 17.5. The molecule has 0 saturated carbocycles. The van der Waals surface area contributed by atoms with Gasteiger partial charge in [-0.15, -0.1) is 0 Å². The SMILES string of the molecule is CC(C)(C)OC(=O)N1CCc2cc(/C=C/C(=O)Nc3cn(Cc4cc(F)c(F)c(F)c4)cn3)ccc2C1. The summed E-state index contributed by atoms with van der Waals surface area (Å²) in [5.41, 5.74) is 2.64. The summed E-state index contributed by atoms with van der Waals surface area (Å²) in [6.07, 6.45) is 6.29. The average molecular weight is 513 g/mol. The van der Waals surface area contributed by atoms with E-state index in [4.69, 9.17) is 4.74 Å². The molecule has 7 nitrogen and oxygen atoms in total. The van der Waals surface area contributed by atoms with E-state index in [0.29, 0.717) is 19.5 Å². The Balaban J connectivity index is 1.33. The van der Waals surface area contributed by atoms with Gasteiger partial charge in [-0.05, 0) is 67.7 Å². The third-order valence-electron chi connectivity index (χ3n) is 5.61. The molecule has 0 aliphatic carbocycles. The van der Waals surface area contributed by atoms with Gasteiger partial charge in [0.05, 0.1) is 6.33 Å². The summed E-state index contributed by atoms with van der Waals surface area (Å²) >= 11 is 0. The first-order valence-electron chi connectivity index (χ1n) is 11.7. The molecule has 2 heterocycles. The number of carbonyl (C=O) groups excluding carboxylic acids is 2. The van der Waals surface area contributed by atoms with Gasteiger partial charge in [0.1, 0.15) is 5.60 Å². The molecule has 0 bridgehead atoms. The minimum absolute atomic E-state index is 0.0489. The van der Waals surface area contributed by atoms with Crippen LogP contribution in [0, 0.1) is 17.5 Å². The Morgan fingerprint density at radius 2 is 1.84 bits per heavy atom. The molecular formula is C27H27F3N4O3. The number of aromatic nitrogens is 2. The monoisotopic (exact) mass is 512 g/mol. The molecule has 0 unspecified atom stereocenters. The molecular weight excluding hydrogens is 485 g/mol. The van der Waals surface area contributed by atoms with Crippen LogP contribution in [0.25, 0.3) is 6.08 Å². The second-order valence-electron chi connectivity index (χ2n) is 9.81. The minimum atomic E-state index is -1.52. The Kier molecular flexibility index (Phi) is 7.37. The molecule has 1 aliphatic heterocycles. The van der Waals surface area contributed by atoms with Crippen LogP contribution in [-0.4, -0.2) is 38.6 Å². The van der Waals surface area contributed by atoms with Crippen molar-refractivity contribution in [2.75, 3.05) is 11.9 Å². The number of hydrogen-bond donors (Lipinski definition) is 1. The van der Waals surface area contributed by atoms with Crippen LogP contribution in [0.5, 0.6) is 0 Å². The number of halogens is 3. The maximum absolute atomic E-state index is 13.4. The van der Waals surface area contributed by atoms with Crippen LogP contribution < -0.4 is 5.32 Å². The largest absolute Gasteiger partial charge is 0.444 e. The Morgan fingerprint density at radius 3 is 2.54 bits per heavy atom. The van der Waals surface area contributed by atoms with Gasteiger partial charge in [0.15, 0.2) is 23.3 Å². The number of carbonyl (C=O) groups is 2. The summed E-state index contributed by atoms with van der Waals surface area (Å²) in [7, 11) is 0. The lowest BCUT2D eigenvalue weighted by atomic mass is 9.97. The summed E-state index contributed by atoms with van der Waals surface area (Å²) in [6, 6.07) is 7.62. The molecule has 1 aromatic heterocycles. The molecule has 4 rings (SSSR count). The zero-order valence-corrected chi connectivity index (χ0v) is 20.7. The first kappa shape index (κ1) is 26.0. The van der Waals surface area contributed by atoms with Gasteiger partial charge in [-0.2, -0.15) is 0 Å². The van der Waals surface area contributed by atoms with Crippen molar-refractivity contribution >= 4 is 23.9 Å². The highest BCUT2D eigenvalue weighted by Crippen LogP contribution is 2.23. The number of amides is 2. The number of nitrogens with zero attached hydrogens (tertiary/aromatic N) is 3.